The highest BCUT2D eigenvalue weighted by Gasteiger charge is 2.22. The highest BCUT2D eigenvalue weighted by molar-refractivity contribution is 5.99. The first kappa shape index (κ1) is 21.3. The second-order valence-corrected chi connectivity index (χ2v) is 6.37. The van der Waals surface area contributed by atoms with Gasteiger partial charge in [-0.25, -0.2) is 4.79 Å². The number of hydrogen-bond acceptors (Lipinski definition) is 5. The number of benzene rings is 1. The number of amides is 2. The van der Waals surface area contributed by atoms with Crippen molar-refractivity contribution in [2.45, 2.75) is 34.1 Å². The van der Waals surface area contributed by atoms with Gasteiger partial charge in [0.25, 0.3) is 5.91 Å². The number of carbonyl (C=O) groups is 3. The molecular formula is C21H27N3O4. The molecule has 2 aromatic rings. The van der Waals surface area contributed by atoms with Gasteiger partial charge in [-0.05, 0) is 38.8 Å². The van der Waals surface area contributed by atoms with Crippen molar-refractivity contribution in [1.29, 1.82) is 0 Å². The van der Waals surface area contributed by atoms with Gasteiger partial charge in [0.15, 0.2) is 6.61 Å². The van der Waals surface area contributed by atoms with E-state index in [2.05, 4.69) is 10.3 Å². The first-order valence-electron chi connectivity index (χ1n) is 9.52. The molecule has 150 valence electrons. The molecule has 1 N–H and O–H groups in total. The van der Waals surface area contributed by atoms with Crippen molar-refractivity contribution in [3.05, 3.63) is 41.1 Å². The van der Waals surface area contributed by atoms with Gasteiger partial charge in [-0.1, -0.05) is 25.1 Å². The van der Waals surface area contributed by atoms with Crippen LogP contribution >= 0.6 is 0 Å². The Morgan fingerprint density at radius 3 is 2.50 bits per heavy atom. The van der Waals surface area contributed by atoms with E-state index < -0.39 is 18.5 Å². The molecular weight excluding hydrogens is 358 g/mol. The number of aryl methyl sites for hydroxylation is 2. The Kier molecular flexibility index (Phi) is 7.49. The van der Waals surface area contributed by atoms with Crippen molar-refractivity contribution in [3.63, 3.8) is 0 Å². The predicted molar refractivity (Wildman–Crippen MR) is 107 cm³/mol. The van der Waals surface area contributed by atoms with Gasteiger partial charge in [-0.3, -0.25) is 14.6 Å². The SMILES string of the molecule is CCNC(=O)CN(CC)C(=O)COC(=O)c1c(CC)nc2ccccc2c1C. The lowest BCUT2D eigenvalue weighted by molar-refractivity contribution is -0.138. The molecule has 0 aliphatic rings. The lowest BCUT2D eigenvalue weighted by atomic mass is 10.0. The van der Waals surface area contributed by atoms with Crippen LogP contribution in [0.3, 0.4) is 0 Å². The quantitative estimate of drug-likeness (QED) is 0.704. The number of pyridine rings is 1. The molecule has 7 nitrogen and oxygen atoms in total. The molecule has 7 heteroatoms. The molecule has 1 heterocycles. The largest absolute Gasteiger partial charge is 0.452 e. The molecule has 0 aliphatic carbocycles. The smallest absolute Gasteiger partial charge is 0.340 e. The van der Waals surface area contributed by atoms with Gasteiger partial charge >= 0.3 is 5.97 Å². The summed E-state index contributed by atoms with van der Waals surface area (Å²) in [6.07, 6.45) is 0.572. The van der Waals surface area contributed by atoms with Crippen LogP contribution in [-0.2, 0) is 20.7 Å². The molecule has 0 spiro atoms. The van der Waals surface area contributed by atoms with Gasteiger partial charge in [-0.15, -0.1) is 0 Å². The molecule has 0 bridgehead atoms. The first-order valence-corrected chi connectivity index (χ1v) is 9.52. The van der Waals surface area contributed by atoms with Crippen LogP contribution in [0, 0.1) is 6.92 Å². The number of fused-ring (bicyclic) bond motifs is 1. The third-order valence-corrected chi connectivity index (χ3v) is 4.54. The molecule has 2 rings (SSSR count). The van der Waals surface area contributed by atoms with E-state index in [4.69, 9.17) is 4.74 Å². The van der Waals surface area contributed by atoms with Gasteiger partial charge in [0.2, 0.25) is 5.91 Å². The van der Waals surface area contributed by atoms with Crippen molar-refractivity contribution < 1.29 is 19.1 Å². The van der Waals surface area contributed by atoms with E-state index in [-0.39, 0.29) is 12.5 Å². The second-order valence-electron chi connectivity index (χ2n) is 6.37. The fraction of sp³-hybridized carbons (Fsp3) is 0.429. The Morgan fingerprint density at radius 2 is 1.86 bits per heavy atom. The Morgan fingerprint density at radius 1 is 1.14 bits per heavy atom. The van der Waals surface area contributed by atoms with Gasteiger partial charge in [-0.2, -0.15) is 0 Å². The van der Waals surface area contributed by atoms with Gasteiger partial charge in [0.05, 0.1) is 23.3 Å². The third kappa shape index (κ3) is 4.85. The zero-order valence-corrected chi connectivity index (χ0v) is 16.9. The summed E-state index contributed by atoms with van der Waals surface area (Å²) >= 11 is 0. The van der Waals surface area contributed by atoms with E-state index in [0.717, 1.165) is 16.5 Å². The minimum atomic E-state index is -0.574. The molecule has 1 aromatic carbocycles. The molecule has 0 aliphatic heterocycles. The molecule has 0 saturated carbocycles. The summed E-state index contributed by atoms with van der Waals surface area (Å²) in [5.41, 5.74) is 2.65. The number of rotatable bonds is 8. The molecule has 0 saturated heterocycles. The maximum atomic E-state index is 12.7. The summed E-state index contributed by atoms with van der Waals surface area (Å²) in [5, 5.41) is 3.53. The Balaban J connectivity index is 2.15. The van der Waals surface area contributed by atoms with Crippen LogP contribution in [0.4, 0.5) is 0 Å². The van der Waals surface area contributed by atoms with Crippen LogP contribution in [0.5, 0.6) is 0 Å². The summed E-state index contributed by atoms with van der Waals surface area (Å²) < 4.78 is 5.28. The summed E-state index contributed by atoms with van der Waals surface area (Å²) in [4.78, 5) is 42.7. The number of aromatic nitrogens is 1. The van der Waals surface area contributed by atoms with Crippen molar-refractivity contribution in [2.24, 2.45) is 0 Å². The molecule has 0 unspecified atom stereocenters. The molecule has 1 aromatic heterocycles. The number of esters is 1. The number of para-hydroxylation sites is 1. The van der Waals surface area contributed by atoms with Crippen LogP contribution in [0.2, 0.25) is 0 Å². The zero-order valence-electron chi connectivity index (χ0n) is 16.9. The van der Waals surface area contributed by atoms with Crippen molar-refractivity contribution in [1.82, 2.24) is 15.2 Å². The highest BCUT2D eigenvalue weighted by atomic mass is 16.5. The normalized spacial score (nSPS) is 10.6. The van der Waals surface area contributed by atoms with E-state index in [1.54, 1.807) is 6.92 Å². The standard InChI is InChI=1S/C21H27N3O4/c1-5-16-20(14(4)15-10-8-9-11-17(15)23-16)21(27)28-13-19(26)24(7-3)12-18(25)22-6-2/h8-11H,5-7,12-13H2,1-4H3,(H,22,25). The minimum Gasteiger partial charge on any atom is -0.452 e. The van der Waals surface area contributed by atoms with Crippen LogP contribution in [0.1, 0.15) is 42.4 Å². The lowest BCUT2D eigenvalue weighted by Crippen LogP contribution is -2.42. The molecule has 0 radical (unpaired) electrons. The van der Waals surface area contributed by atoms with E-state index in [9.17, 15) is 14.4 Å². The molecule has 28 heavy (non-hydrogen) atoms. The van der Waals surface area contributed by atoms with Crippen LogP contribution in [0.25, 0.3) is 10.9 Å². The van der Waals surface area contributed by atoms with E-state index in [1.807, 2.05) is 45.0 Å². The monoisotopic (exact) mass is 385 g/mol. The van der Waals surface area contributed by atoms with Crippen molar-refractivity contribution >= 4 is 28.7 Å². The van der Waals surface area contributed by atoms with Crippen LogP contribution in [-0.4, -0.2) is 53.9 Å². The molecule has 0 fully saturated rings. The average molecular weight is 385 g/mol. The van der Waals surface area contributed by atoms with Crippen LogP contribution in [0.15, 0.2) is 24.3 Å². The first-order chi connectivity index (χ1) is 13.4. The third-order valence-electron chi connectivity index (χ3n) is 4.54. The van der Waals surface area contributed by atoms with Crippen molar-refractivity contribution in [3.8, 4) is 0 Å². The minimum absolute atomic E-state index is 0.0580. The highest BCUT2D eigenvalue weighted by Crippen LogP contribution is 2.24. The summed E-state index contributed by atoms with van der Waals surface area (Å²) in [6.45, 7) is 7.73. The Bertz CT molecular complexity index is 879. The van der Waals surface area contributed by atoms with E-state index >= 15 is 0 Å². The topological polar surface area (TPSA) is 88.6 Å². The number of likely N-dealkylation sites (N-methyl/N-ethyl adjacent to an activating group) is 2. The summed E-state index contributed by atoms with van der Waals surface area (Å²) in [7, 11) is 0. The van der Waals surface area contributed by atoms with Crippen LogP contribution < -0.4 is 5.32 Å². The lowest BCUT2D eigenvalue weighted by Gasteiger charge is -2.20. The number of nitrogens with one attached hydrogen (secondary N) is 1. The predicted octanol–water partition coefficient (Wildman–Crippen LogP) is 2.25. The van der Waals surface area contributed by atoms with Gasteiger partial charge < -0.3 is 15.0 Å². The fourth-order valence-electron chi connectivity index (χ4n) is 3.06. The Hall–Kier alpha value is -2.96. The number of nitrogens with zero attached hydrogens (tertiary/aromatic N) is 2. The molecule has 0 atom stereocenters. The number of ether oxygens (including phenoxy) is 1. The number of carbonyl (C=O) groups excluding carboxylic acids is 3. The van der Waals surface area contributed by atoms with E-state index in [1.165, 1.54) is 4.90 Å². The van der Waals surface area contributed by atoms with Crippen molar-refractivity contribution in [2.75, 3.05) is 26.2 Å². The van der Waals surface area contributed by atoms with E-state index in [0.29, 0.717) is 30.8 Å². The Labute approximate surface area is 165 Å². The zero-order chi connectivity index (χ0) is 20.7. The maximum absolute atomic E-state index is 12.7. The molecule has 2 amide bonds. The van der Waals surface area contributed by atoms with Gasteiger partial charge in [0.1, 0.15) is 0 Å². The fourth-order valence-corrected chi connectivity index (χ4v) is 3.06. The summed E-state index contributed by atoms with van der Waals surface area (Å²) in [5.74, 6) is -1.23. The summed E-state index contributed by atoms with van der Waals surface area (Å²) in [6, 6.07) is 7.60. The maximum Gasteiger partial charge on any atom is 0.340 e. The average Bonchev–Trinajstić information content (AvgIpc) is 2.70. The number of hydrogen-bond donors (Lipinski definition) is 1. The second kappa shape index (κ2) is 9.82. The van der Waals surface area contributed by atoms with Gasteiger partial charge in [0, 0.05) is 18.5 Å².